The van der Waals surface area contributed by atoms with Crippen LogP contribution in [0.2, 0.25) is 0 Å². The summed E-state index contributed by atoms with van der Waals surface area (Å²) in [5.74, 6) is 0. The lowest BCUT2D eigenvalue weighted by molar-refractivity contribution is -0.159. The number of alkyl halides is 3. The van der Waals surface area contributed by atoms with E-state index in [2.05, 4.69) is 14.8 Å². The first kappa shape index (κ1) is 16.1. The molecule has 0 saturated carbocycles. The van der Waals surface area contributed by atoms with Crippen molar-refractivity contribution in [3.63, 3.8) is 0 Å². The van der Waals surface area contributed by atoms with Gasteiger partial charge < -0.3 is 4.74 Å². The summed E-state index contributed by atoms with van der Waals surface area (Å²) >= 11 is 0. The van der Waals surface area contributed by atoms with Gasteiger partial charge in [0.25, 0.3) is 0 Å². The average molecular weight is 312 g/mol. The van der Waals surface area contributed by atoms with Gasteiger partial charge in [-0.25, -0.2) is 13.2 Å². The molecule has 0 unspecified atom stereocenters. The molecule has 1 rings (SSSR count). The number of benzene rings is 1. The molecule has 0 bridgehead atoms. The van der Waals surface area contributed by atoms with Gasteiger partial charge in [-0.1, -0.05) is 0 Å². The van der Waals surface area contributed by atoms with Gasteiger partial charge in [-0.05, 0) is 24.3 Å². The molecule has 1 amide bonds. The van der Waals surface area contributed by atoms with E-state index in [1.54, 1.807) is 0 Å². The summed E-state index contributed by atoms with van der Waals surface area (Å²) in [4.78, 5) is 11.0. The van der Waals surface area contributed by atoms with Crippen molar-refractivity contribution in [3.8, 4) is 0 Å². The van der Waals surface area contributed by atoms with Crippen molar-refractivity contribution in [2.75, 3.05) is 22.9 Å². The number of halogens is 3. The molecule has 0 heterocycles. The van der Waals surface area contributed by atoms with Crippen LogP contribution < -0.4 is 10.0 Å². The molecular weight excluding hydrogens is 301 g/mol. The van der Waals surface area contributed by atoms with E-state index < -0.39 is 28.9 Å². The van der Waals surface area contributed by atoms with E-state index in [4.69, 9.17) is 0 Å². The minimum atomic E-state index is -4.60. The molecule has 1 aromatic carbocycles. The Hall–Kier alpha value is -1.97. The van der Waals surface area contributed by atoms with Gasteiger partial charge in [0.15, 0.2) is 6.61 Å². The van der Waals surface area contributed by atoms with Crippen molar-refractivity contribution in [3.05, 3.63) is 24.3 Å². The summed E-state index contributed by atoms with van der Waals surface area (Å²) in [6.07, 6.45) is -4.89. The molecule has 10 heteroatoms. The third-order valence-electron chi connectivity index (χ3n) is 1.80. The minimum absolute atomic E-state index is 0.163. The Morgan fingerprint density at radius 3 is 2.15 bits per heavy atom. The highest BCUT2D eigenvalue weighted by molar-refractivity contribution is 7.92. The third kappa shape index (κ3) is 6.83. The standard InChI is InChI=1S/C10H11F3N2O4S/c1-20(17,18)15-8-4-2-7(3-5-8)14-9(16)19-6-10(11,12)13/h2-5,15H,6H2,1H3,(H,14,16). The summed E-state index contributed by atoms with van der Waals surface area (Å²) in [5.41, 5.74) is 0.415. The van der Waals surface area contributed by atoms with Gasteiger partial charge in [-0.3, -0.25) is 10.0 Å². The van der Waals surface area contributed by atoms with Crippen molar-refractivity contribution in [1.29, 1.82) is 0 Å². The molecular formula is C10H11F3N2O4S. The van der Waals surface area contributed by atoms with Crippen LogP contribution in [0, 0.1) is 0 Å². The highest BCUT2D eigenvalue weighted by atomic mass is 32.2. The Labute approximate surface area is 113 Å². The van der Waals surface area contributed by atoms with Crippen LogP contribution in [0.15, 0.2) is 24.3 Å². The van der Waals surface area contributed by atoms with Gasteiger partial charge in [0.2, 0.25) is 10.0 Å². The van der Waals surface area contributed by atoms with Gasteiger partial charge in [-0.15, -0.1) is 0 Å². The second-order valence-electron chi connectivity index (χ2n) is 3.77. The van der Waals surface area contributed by atoms with E-state index in [1.807, 2.05) is 0 Å². The van der Waals surface area contributed by atoms with E-state index in [9.17, 15) is 26.4 Å². The van der Waals surface area contributed by atoms with Gasteiger partial charge in [0.05, 0.1) is 6.26 Å². The summed E-state index contributed by atoms with van der Waals surface area (Å²) < 4.78 is 63.4. The zero-order valence-corrected chi connectivity index (χ0v) is 11.0. The third-order valence-corrected chi connectivity index (χ3v) is 2.41. The zero-order chi connectivity index (χ0) is 15.4. The monoisotopic (exact) mass is 312 g/mol. The first-order chi connectivity index (χ1) is 9.05. The maximum Gasteiger partial charge on any atom is 0.422 e. The second-order valence-corrected chi connectivity index (χ2v) is 5.52. The lowest BCUT2D eigenvalue weighted by atomic mass is 10.3. The molecule has 20 heavy (non-hydrogen) atoms. The molecule has 0 aliphatic heterocycles. The number of hydrogen-bond donors (Lipinski definition) is 2. The van der Waals surface area contributed by atoms with Crippen molar-refractivity contribution in [1.82, 2.24) is 0 Å². The number of carbonyl (C=O) groups excluding carboxylic acids is 1. The highest BCUT2D eigenvalue weighted by Gasteiger charge is 2.29. The van der Waals surface area contributed by atoms with Crippen LogP contribution in [-0.2, 0) is 14.8 Å². The Bertz CT molecular complexity index is 569. The first-order valence-corrected chi connectivity index (χ1v) is 7.03. The smallest absolute Gasteiger partial charge is 0.422 e. The van der Waals surface area contributed by atoms with Crippen LogP contribution in [0.5, 0.6) is 0 Å². The lowest BCUT2D eigenvalue weighted by Gasteiger charge is -2.09. The molecule has 6 nitrogen and oxygen atoms in total. The number of rotatable bonds is 4. The average Bonchev–Trinajstić information content (AvgIpc) is 2.26. The zero-order valence-electron chi connectivity index (χ0n) is 10.2. The van der Waals surface area contributed by atoms with Crippen LogP contribution in [0.1, 0.15) is 0 Å². The Morgan fingerprint density at radius 1 is 1.20 bits per heavy atom. The fourth-order valence-electron chi connectivity index (χ4n) is 1.14. The molecule has 2 N–H and O–H groups in total. The second kappa shape index (κ2) is 5.99. The van der Waals surface area contributed by atoms with E-state index in [-0.39, 0.29) is 11.4 Å². The number of nitrogens with one attached hydrogen (secondary N) is 2. The maximum absolute atomic E-state index is 11.8. The van der Waals surface area contributed by atoms with Crippen LogP contribution in [0.25, 0.3) is 0 Å². The molecule has 0 aliphatic rings. The quantitative estimate of drug-likeness (QED) is 0.892. The topological polar surface area (TPSA) is 84.5 Å². The molecule has 0 spiro atoms. The largest absolute Gasteiger partial charge is 0.440 e. The molecule has 0 fully saturated rings. The molecule has 0 atom stereocenters. The Morgan fingerprint density at radius 2 is 1.70 bits per heavy atom. The molecule has 1 aromatic rings. The molecule has 0 radical (unpaired) electrons. The number of carbonyl (C=O) groups is 1. The van der Waals surface area contributed by atoms with Crippen molar-refractivity contribution in [2.24, 2.45) is 0 Å². The van der Waals surface area contributed by atoms with Crippen LogP contribution in [0.3, 0.4) is 0 Å². The van der Waals surface area contributed by atoms with Gasteiger partial charge in [-0.2, -0.15) is 13.2 Å². The first-order valence-electron chi connectivity index (χ1n) is 5.13. The highest BCUT2D eigenvalue weighted by Crippen LogP contribution is 2.17. The van der Waals surface area contributed by atoms with Gasteiger partial charge >= 0.3 is 12.3 Å². The van der Waals surface area contributed by atoms with Gasteiger partial charge in [0.1, 0.15) is 0 Å². The molecule has 0 aromatic heterocycles. The summed E-state index contributed by atoms with van der Waals surface area (Å²) in [6.45, 7) is -1.69. The van der Waals surface area contributed by atoms with Crippen molar-refractivity contribution >= 4 is 27.5 Å². The van der Waals surface area contributed by atoms with E-state index in [0.717, 1.165) is 6.26 Å². The Balaban J connectivity index is 2.55. The van der Waals surface area contributed by atoms with Crippen molar-refractivity contribution in [2.45, 2.75) is 6.18 Å². The number of anilines is 2. The van der Waals surface area contributed by atoms with Crippen LogP contribution >= 0.6 is 0 Å². The number of ether oxygens (including phenoxy) is 1. The SMILES string of the molecule is CS(=O)(=O)Nc1ccc(NC(=O)OCC(F)(F)F)cc1. The normalized spacial score (nSPS) is 11.8. The molecule has 0 saturated heterocycles. The number of hydrogen-bond acceptors (Lipinski definition) is 4. The maximum atomic E-state index is 11.8. The fraction of sp³-hybridized carbons (Fsp3) is 0.300. The molecule has 0 aliphatic carbocycles. The fourth-order valence-corrected chi connectivity index (χ4v) is 1.70. The summed E-state index contributed by atoms with van der Waals surface area (Å²) in [7, 11) is -3.43. The van der Waals surface area contributed by atoms with E-state index in [0.29, 0.717) is 0 Å². The van der Waals surface area contributed by atoms with Crippen molar-refractivity contribution < 1.29 is 31.1 Å². The number of sulfonamides is 1. The van der Waals surface area contributed by atoms with Crippen LogP contribution in [-0.4, -0.2) is 33.5 Å². The van der Waals surface area contributed by atoms with E-state index in [1.165, 1.54) is 24.3 Å². The summed E-state index contributed by atoms with van der Waals surface area (Å²) in [5, 5.41) is 2.07. The molecule has 112 valence electrons. The number of amides is 1. The lowest BCUT2D eigenvalue weighted by Crippen LogP contribution is -2.23. The van der Waals surface area contributed by atoms with Crippen LogP contribution in [0.4, 0.5) is 29.3 Å². The Kier molecular flexibility index (Phi) is 4.82. The predicted molar refractivity (Wildman–Crippen MR) is 65.9 cm³/mol. The van der Waals surface area contributed by atoms with Gasteiger partial charge in [0, 0.05) is 11.4 Å². The predicted octanol–water partition coefficient (Wildman–Crippen LogP) is 2.17. The summed E-state index contributed by atoms with van der Waals surface area (Å²) in [6, 6.07) is 5.28. The van der Waals surface area contributed by atoms with E-state index >= 15 is 0 Å². The minimum Gasteiger partial charge on any atom is -0.440 e.